The molecule has 0 saturated heterocycles. The fourth-order valence-electron chi connectivity index (χ4n) is 2.67. The van der Waals surface area contributed by atoms with Gasteiger partial charge in [-0.05, 0) is 43.4 Å². The Hall–Kier alpha value is -1.35. The average molecular weight is 259 g/mol. The molecule has 3 heteroatoms. The summed E-state index contributed by atoms with van der Waals surface area (Å²) in [6, 6.07) is 7.02. The second kappa shape index (κ2) is 6.71. The van der Waals surface area contributed by atoms with Crippen LogP contribution in [0.4, 0.5) is 0 Å². The number of nitrogens with two attached hydrogens (primary N) is 1. The summed E-state index contributed by atoms with van der Waals surface area (Å²) in [6.45, 7) is 4.28. The first-order valence-corrected chi connectivity index (χ1v) is 7.28. The molecule has 0 amide bonds. The Balaban J connectivity index is 2.05. The molecule has 104 valence electrons. The first-order valence-electron chi connectivity index (χ1n) is 7.28. The minimum Gasteiger partial charge on any atom is -0.312 e. The lowest BCUT2D eigenvalue weighted by molar-refractivity contribution is 0.442. The number of amidine groups is 1. The minimum atomic E-state index is 0.464. The summed E-state index contributed by atoms with van der Waals surface area (Å²) in [4.78, 5) is 4.78. The zero-order chi connectivity index (χ0) is 13.7. The molecule has 1 aliphatic rings. The maximum absolute atomic E-state index is 5.62. The van der Waals surface area contributed by atoms with Crippen LogP contribution in [0.2, 0.25) is 0 Å². The maximum atomic E-state index is 5.62. The zero-order valence-corrected chi connectivity index (χ0v) is 12.1. The molecule has 0 aliphatic heterocycles. The van der Waals surface area contributed by atoms with Crippen LogP contribution in [0.1, 0.15) is 48.8 Å². The van der Waals surface area contributed by atoms with E-state index in [4.69, 9.17) is 10.8 Å². The van der Waals surface area contributed by atoms with Crippen LogP contribution in [0.3, 0.4) is 0 Å². The molecule has 0 spiro atoms. The Labute approximate surface area is 116 Å². The number of nitrogens with zero attached hydrogens (tertiary/aromatic N) is 1. The Bertz CT molecular complexity index is 445. The monoisotopic (exact) mass is 259 g/mol. The summed E-state index contributed by atoms with van der Waals surface area (Å²) >= 11 is 0. The number of nitrogens with one attached hydrogen (secondary N) is 1. The molecule has 0 bridgehead atoms. The first-order chi connectivity index (χ1) is 9.19. The molecule has 1 aliphatic carbocycles. The number of rotatable bonds is 3. The van der Waals surface area contributed by atoms with E-state index in [1.54, 1.807) is 0 Å². The Kier molecular flexibility index (Phi) is 4.97. The van der Waals surface area contributed by atoms with E-state index in [0.717, 1.165) is 12.3 Å². The van der Waals surface area contributed by atoms with E-state index >= 15 is 0 Å². The van der Waals surface area contributed by atoms with Crippen molar-refractivity contribution in [3.05, 3.63) is 34.9 Å². The van der Waals surface area contributed by atoms with Crippen LogP contribution in [0.5, 0.6) is 0 Å². The summed E-state index contributed by atoms with van der Waals surface area (Å²) in [6.07, 6.45) is 7.17. The molecule has 19 heavy (non-hydrogen) atoms. The zero-order valence-electron chi connectivity index (χ0n) is 12.1. The van der Waals surface area contributed by atoms with E-state index in [9.17, 15) is 0 Å². The molecular weight excluding hydrogens is 234 g/mol. The highest BCUT2D eigenvalue weighted by molar-refractivity contribution is 5.84. The van der Waals surface area contributed by atoms with Gasteiger partial charge in [0, 0.05) is 6.42 Å². The fraction of sp³-hybridized carbons (Fsp3) is 0.562. The van der Waals surface area contributed by atoms with Crippen molar-refractivity contribution < 1.29 is 0 Å². The van der Waals surface area contributed by atoms with E-state index in [0.29, 0.717) is 6.04 Å². The van der Waals surface area contributed by atoms with Gasteiger partial charge in [0.15, 0.2) is 0 Å². The third kappa shape index (κ3) is 4.06. The number of benzene rings is 1. The van der Waals surface area contributed by atoms with Gasteiger partial charge in [-0.15, -0.1) is 0 Å². The van der Waals surface area contributed by atoms with Gasteiger partial charge >= 0.3 is 0 Å². The van der Waals surface area contributed by atoms with Crippen molar-refractivity contribution >= 4 is 5.84 Å². The van der Waals surface area contributed by atoms with Crippen LogP contribution < -0.4 is 11.3 Å². The van der Waals surface area contributed by atoms with Crippen molar-refractivity contribution in [2.45, 2.75) is 58.4 Å². The lowest BCUT2D eigenvalue weighted by atomic mass is 9.96. The molecule has 0 atom stereocenters. The fourth-order valence-corrected chi connectivity index (χ4v) is 2.67. The van der Waals surface area contributed by atoms with Gasteiger partial charge in [-0.3, -0.25) is 4.99 Å². The largest absolute Gasteiger partial charge is 0.312 e. The van der Waals surface area contributed by atoms with Crippen LogP contribution >= 0.6 is 0 Å². The second-order valence-corrected chi connectivity index (χ2v) is 5.61. The molecule has 0 aromatic heterocycles. The molecule has 0 heterocycles. The van der Waals surface area contributed by atoms with E-state index in [2.05, 4.69) is 37.5 Å². The number of hydrogen-bond donors (Lipinski definition) is 2. The van der Waals surface area contributed by atoms with E-state index in [1.165, 1.54) is 48.8 Å². The van der Waals surface area contributed by atoms with Gasteiger partial charge in [-0.2, -0.15) is 0 Å². The quantitative estimate of drug-likeness (QED) is 0.379. The summed E-state index contributed by atoms with van der Waals surface area (Å²) < 4.78 is 0. The van der Waals surface area contributed by atoms with Crippen molar-refractivity contribution in [2.75, 3.05) is 0 Å². The lowest BCUT2D eigenvalue weighted by Gasteiger charge is -2.19. The van der Waals surface area contributed by atoms with Gasteiger partial charge in [0.25, 0.3) is 0 Å². The number of aliphatic imine (C=N–C) groups is 1. The molecule has 3 nitrogen and oxygen atoms in total. The molecule has 1 saturated carbocycles. The van der Waals surface area contributed by atoms with E-state index < -0.39 is 0 Å². The molecule has 1 aromatic carbocycles. The standard InChI is InChI=1S/C16H25N3/c1-12-8-9-14(10-13(12)2)11-16(19-17)18-15-6-4-3-5-7-15/h8-10,15H,3-7,11,17H2,1-2H3,(H,18,19). The summed E-state index contributed by atoms with van der Waals surface area (Å²) in [5, 5.41) is 0. The van der Waals surface area contributed by atoms with Crippen molar-refractivity contribution in [1.29, 1.82) is 0 Å². The lowest BCUT2D eigenvalue weighted by Crippen LogP contribution is -2.33. The normalized spacial score (nSPS) is 17.5. The van der Waals surface area contributed by atoms with Crippen molar-refractivity contribution in [3.63, 3.8) is 0 Å². The van der Waals surface area contributed by atoms with Gasteiger partial charge in [-0.1, -0.05) is 37.5 Å². The predicted octanol–water partition coefficient (Wildman–Crippen LogP) is 3.04. The molecular formula is C16H25N3. The number of aryl methyl sites for hydroxylation is 2. The predicted molar refractivity (Wildman–Crippen MR) is 81.3 cm³/mol. The van der Waals surface area contributed by atoms with Crippen LogP contribution in [0.15, 0.2) is 23.2 Å². The topological polar surface area (TPSA) is 50.4 Å². The van der Waals surface area contributed by atoms with Gasteiger partial charge in [0.05, 0.1) is 6.04 Å². The first kappa shape index (κ1) is 14.1. The van der Waals surface area contributed by atoms with Gasteiger partial charge in [-0.25, -0.2) is 5.84 Å². The average Bonchev–Trinajstić information content (AvgIpc) is 2.43. The van der Waals surface area contributed by atoms with Crippen molar-refractivity contribution in [1.82, 2.24) is 5.43 Å². The van der Waals surface area contributed by atoms with E-state index in [1.807, 2.05) is 0 Å². The smallest absolute Gasteiger partial charge is 0.115 e. The third-order valence-corrected chi connectivity index (χ3v) is 4.02. The minimum absolute atomic E-state index is 0.464. The van der Waals surface area contributed by atoms with E-state index in [-0.39, 0.29) is 0 Å². The highest BCUT2D eigenvalue weighted by Crippen LogP contribution is 2.20. The molecule has 3 N–H and O–H groups in total. The Morgan fingerprint density at radius 1 is 1.21 bits per heavy atom. The van der Waals surface area contributed by atoms with Crippen LogP contribution in [-0.4, -0.2) is 11.9 Å². The molecule has 1 fully saturated rings. The van der Waals surface area contributed by atoms with Gasteiger partial charge < -0.3 is 5.43 Å². The summed E-state index contributed by atoms with van der Waals surface area (Å²) in [7, 11) is 0. The molecule has 1 aromatic rings. The van der Waals surface area contributed by atoms with Crippen LogP contribution in [0.25, 0.3) is 0 Å². The highest BCUT2D eigenvalue weighted by Gasteiger charge is 2.13. The summed E-state index contributed by atoms with van der Waals surface area (Å²) in [5.74, 6) is 6.54. The van der Waals surface area contributed by atoms with Crippen LogP contribution in [-0.2, 0) is 6.42 Å². The Morgan fingerprint density at radius 2 is 1.95 bits per heavy atom. The SMILES string of the molecule is Cc1ccc(CC(=NC2CCCCC2)NN)cc1C. The highest BCUT2D eigenvalue weighted by atomic mass is 15.3. The number of hydrogen-bond acceptors (Lipinski definition) is 2. The van der Waals surface area contributed by atoms with Crippen molar-refractivity contribution in [3.8, 4) is 0 Å². The second-order valence-electron chi connectivity index (χ2n) is 5.61. The number of hydrazine groups is 1. The van der Waals surface area contributed by atoms with Gasteiger partial charge in [0.1, 0.15) is 5.84 Å². The van der Waals surface area contributed by atoms with Gasteiger partial charge in [0.2, 0.25) is 0 Å². The van der Waals surface area contributed by atoms with Crippen molar-refractivity contribution in [2.24, 2.45) is 10.8 Å². The molecule has 0 radical (unpaired) electrons. The molecule has 2 rings (SSSR count). The maximum Gasteiger partial charge on any atom is 0.115 e. The summed E-state index contributed by atoms with van der Waals surface area (Å²) in [5.41, 5.74) is 6.71. The Morgan fingerprint density at radius 3 is 2.58 bits per heavy atom. The third-order valence-electron chi connectivity index (χ3n) is 4.02. The van der Waals surface area contributed by atoms with Crippen LogP contribution in [0, 0.1) is 13.8 Å². The molecule has 0 unspecified atom stereocenters.